The van der Waals surface area contributed by atoms with Gasteiger partial charge in [0.05, 0.1) is 13.2 Å². The molecule has 1 aromatic heterocycles. The van der Waals surface area contributed by atoms with Gasteiger partial charge in [-0.1, -0.05) is 12.1 Å². The first-order chi connectivity index (χ1) is 12.4. The van der Waals surface area contributed by atoms with Crippen molar-refractivity contribution >= 4 is 5.97 Å². The van der Waals surface area contributed by atoms with Crippen molar-refractivity contribution in [2.75, 3.05) is 19.8 Å². The highest BCUT2D eigenvalue weighted by molar-refractivity contribution is 5.73. The molecule has 0 saturated carbocycles. The summed E-state index contributed by atoms with van der Waals surface area (Å²) in [6, 6.07) is 12.6. The minimum absolute atomic E-state index is 0.0841. The van der Waals surface area contributed by atoms with E-state index in [2.05, 4.69) is 34.1 Å². The van der Waals surface area contributed by atoms with Gasteiger partial charge in [0.2, 0.25) is 0 Å². The Bertz CT molecular complexity index is 666. The van der Waals surface area contributed by atoms with Crippen LogP contribution in [0.1, 0.15) is 5.56 Å². The number of benzene rings is 1. The van der Waals surface area contributed by atoms with Gasteiger partial charge in [-0.2, -0.15) is 13.2 Å². The van der Waals surface area contributed by atoms with Crippen molar-refractivity contribution in [1.29, 1.82) is 0 Å². The van der Waals surface area contributed by atoms with Crippen molar-refractivity contribution in [3.63, 3.8) is 0 Å². The third kappa shape index (κ3) is 6.51. The topological polar surface area (TPSA) is 72.7 Å². The van der Waals surface area contributed by atoms with E-state index < -0.39 is 12.1 Å². The lowest BCUT2D eigenvalue weighted by atomic mass is 10.2. The Morgan fingerprint density at radius 1 is 1.15 bits per heavy atom. The summed E-state index contributed by atoms with van der Waals surface area (Å²) in [5, 5.41) is 10.5. The molecule has 1 aromatic carbocycles. The predicted molar refractivity (Wildman–Crippen MR) is 86.9 cm³/mol. The molecule has 6 nitrogen and oxygen atoms in total. The molecule has 142 valence electrons. The van der Waals surface area contributed by atoms with Crippen LogP contribution in [0, 0.1) is 0 Å². The van der Waals surface area contributed by atoms with E-state index in [1.165, 1.54) is 11.3 Å². The molecule has 0 spiro atoms. The molecule has 1 saturated heterocycles. The van der Waals surface area contributed by atoms with Crippen LogP contribution in [0.3, 0.4) is 0 Å². The molecule has 0 atom stereocenters. The summed E-state index contributed by atoms with van der Waals surface area (Å²) in [5.74, 6) is -2.76. The Labute approximate surface area is 148 Å². The van der Waals surface area contributed by atoms with Gasteiger partial charge in [0.15, 0.2) is 6.29 Å². The first kappa shape index (κ1) is 20.0. The van der Waals surface area contributed by atoms with E-state index in [0.29, 0.717) is 13.2 Å². The van der Waals surface area contributed by atoms with Crippen molar-refractivity contribution in [2.45, 2.75) is 19.0 Å². The van der Waals surface area contributed by atoms with E-state index in [1.54, 1.807) is 0 Å². The molecule has 1 aliphatic heterocycles. The lowest BCUT2D eigenvalue weighted by Crippen LogP contribution is -2.27. The van der Waals surface area contributed by atoms with E-state index in [-0.39, 0.29) is 6.29 Å². The number of carboxylic acid groups (broad SMARTS) is 1. The summed E-state index contributed by atoms with van der Waals surface area (Å²) in [4.78, 5) is 8.90. The van der Waals surface area contributed by atoms with Crippen LogP contribution in [0.5, 0.6) is 0 Å². The Morgan fingerprint density at radius 2 is 1.69 bits per heavy atom. The number of aliphatic carboxylic acids is 1. The Balaban J connectivity index is 0.000000298. The van der Waals surface area contributed by atoms with Gasteiger partial charge in [-0.25, -0.2) is 4.79 Å². The number of nitrogens with one attached hydrogen (secondary N) is 1. The smallest absolute Gasteiger partial charge is 0.475 e. The van der Waals surface area contributed by atoms with Gasteiger partial charge in [-0.05, 0) is 29.8 Å². The Morgan fingerprint density at radius 3 is 2.19 bits per heavy atom. The van der Waals surface area contributed by atoms with Crippen molar-refractivity contribution in [3.05, 3.63) is 54.4 Å². The van der Waals surface area contributed by atoms with E-state index in [1.807, 2.05) is 24.5 Å². The fourth-order valence-electron chi connectivity index (χ4n) is 2.15. The number of halogens is 3. The standard InChI is InChI=1S/C15H18N2O2.C2HF3O2/c1-2-8-17(7-1)14-5-3-13(4-6-14)11-16-12-15-18-9-10-19-15;3-2(4,5)1(6)7/h1-8,15-16H,9-12H2;(H,6,7). The van der Waals surface area contributed by atoms with Crippen molar-refractivity contribution in [1.82, 2.24) is 9.88 Å². The normalized spacial score (nSPS) is 14.7. The monoisotopic (exact) mass is 372 g/mol. The quantitative estimate of drug-likeness (QED) is 0.844. The van der Waals surface area contributed by atoms with Gasteiger partial charge >= 0.3 is 12.1 Å². The number of ether oxygens (including phenoxy) is 2. The molecule has 1 fully saturated rings. The van der Waals surface area contributed by atoms with Crippen LogP contribution in [0.25, 0.3) is 5.69 Å². The number of aromatic nitrogens is 1. The van der Waals surface area contributed by atoms with E-state index in [0.717, 1.165) is 13.1 Å². The first-order valence-electron chi connectivity index (χ1n) is 7.82. The highest BCUT2D eigenvalue weighted by atomic mass is 19.4. The zero-order chi connectivity index (χ0) is 19.0. The summed E-state index contributed by atoms with van der Waals surface area (Å²) in [7, 11) is 0. The maximum Gasteiger partial charge on any atom is 0.490 e. The molecule has 3 rings (SSSR count). The molecule has 2 aromatic rings. The van der Waals surface area contributed by atoms with Crippen molar-refractivity contribution < 1.29 is 32.5 Å². The molecule has 0 bridgehead atoms. The number of hydrogen-bond donors (Lipinski definition) is 2. The summed E-state index contributed by atoms with van der Waals surface area (Å²) in [5.41, 5.74) is 2.44. The molecule has 26 heavy (non-hydrogen) atoms. The van der Waals surface area contributed by atoms with Crippen LogP contribution >= 0.6 is 0 Å². The van der Waals surface area contributed by atoms with Crippen molar-refractivity contribution in [2.24, 2.45) is 0 Å². The molecule has 2 N–H and O–H groups in total. The Hall–Kier alpha value is -2.36. The van der Waals surface area contributed by atoms with E-state index in [4.69, 9.17) is 19.4 Å². The molecular formula is C17H19F3N2O4. The number of carbonyl (C=O) groups is 1. The van der Waals surface area contributed by atoms with Gasteiger partial charge in [-0.15, -0.1) is 0 Å². The maximum atomic E-state index is 10.6. The van der Waals surface area contributed by atoms with Gasteiger partial charge in [0.1, 0.15) is 0 Å². The summed E-state index contributed by atoms with van der Waals surface area (Å²) >= 11 is 0. The average Bonchev–Trinajstić information content (AvgIpc) is 3.29. The fraction of sp³-hybridized carbons (Fsp3) is 0.353. The number of alkyl halides is 3. The molecule has 0 unspecified atom stereocenters. The molecular weight excluding hydrogens is 353 g/mol. The molecule has 1 aliphatic rings. The van der Waals surface area contributed by atoms with Gasteiger partial charge < -0.3 is 24.5 Å². The van der Waals surface area contributed by atoms with Crippen molar-refractivity contribution in [3.8, 4) is 5.69 Å². The van der Waals surface area contributed by atoms with Gasteiger partial charge in [-0.3, -0.25) is 0 Å². The molecule has 9 heteroatoms. The molecule has 2 heterocycles. The van der Waals surface area contributed by atoms with Gasteiger partial charge in [0.25, 0.3) is 0 Å². The third-order valence-electron chi connectivity index (χ3n) is 3.41. The minimum Gasteiger partial charge on any atom is -0.475 e. The summed E-state index contributed by atoms with van der Waals surface area (Å²) < 4.78 is 44.6. The van der Waals surface area contributed by atoms with Crippen LogP contribution < -0.4 is 5.32 Å². The lowest BCUT2D eigenvalue weighted by Gasteiger charge is -2.10. The summed E-state index contributed by atoms with van der Waals surface area (Å²) in [6.07, 6.45) is -1.08. The number of nitrogens with zero attached hydrogens (tertiary/aromatic N) is 1. The average molecular weight is 372 g/mol. The van der Waals surface area contributed by atoms with Gasteiger partial charge in [0, 0.05) is 31.2 Å². The minimum atomic E-state index is -5.08. The zero-order valence-corrected chi connectivity index (χ0v) is 13.8. The lowest BCUT2D eigenvalue weighted by molar-refractivity contribution is -0.192. The SMILES string of the molecule is O=C(O)C(F)(F)F.c1ccn(-c2ccc(CNCC3OCCO3)cc2)c1. The second-order valence-electron chi connectivity index (χ2n) is 5.36. The van der Waals surface area contributed by atoms with Crippen LogP contribution in [-0.2, 0) is 20.8 Å². The van der Waals surface area contributed by atoms with E-state index >= 15 is 0 Å². The first-order valence-corrected chi connectivity index (χ1v) is 7.82. The highest BCUT2D eigenvalue weighted by Gasteiger charge is 2.38. The highest BCUT2D eigenvalue weighted by Crippen LogP contribution is 2.13. The van der Waals surface area contributed by atoms with Crippen LogP contribution in [0.4, 0.5) is 13.2 Å². The number of carboxylic acids is 1. The molecule has 0 amide bonds. The second kappa shape index (κ2) is 9.37. The third-order valence-corrected chi connectivity index (χ3v) is 3.41. The van der Waals surface area contributed by atoms with E-state index in [9.17, 15) is 13.2 Å². The number of rotatable bonds is 5. The largest absolute Gasteiger partial charge is 0.490 e. The van der Waals surface area contributed by atoms with Crippen LogP contribution in [-0.4, -0.2) is 47.9 Å². The molecule has 0 radical (unpaired) electrons. The maximum absolute atomic E-state index is 10.6. The Kier molecular flexibility index (Phi) is 7.19. The van der Waals surface area contributed by atoms with Crippen LogP contribution in [0.2, 0.25) is 0 Å². The summed E-state index contributed by atoms with van der Waals surface area (Å²) in [6.45, 7) is 2.98. The second-order valence-corrected chi connectivity index (χ2v) is 5.36. The zero-order valence-electron chi connectivity index (χ0n) is 13.8. The van der Waals surface area contributed by atoms with Crippen LogP contribution in [0.15, 0.2) is 48.8 Å². The molecule has 0 aliphatic carbocycles. The number of hydrogen-bond acceptors (Lipinski definition) is 4. The fourth-order valence-corrected chi connectivity index (χ4v) is 2.15. The predicted octanol–water partition coefficient (Wildman–Crippen LogP) is 2.57.